The molecule has 1 amide bonds. The minimum absolute atomic E-state index is 0.0141. The van der Waals surface area contributed by atoms with Crippen LogP contribution in [0.4, 0.5) is 10.8 Å². The summed E-state index contributed by atoms with van der Waals surface area (Å²) in [6.07, 6.45) is 3.10. The summed E-state index contributed by atoms with van der Waals surface area (Å²) in [5, 5.41) is 14.2. The maximum absolute atomic E-state index is 12.3. The average Bonchev–Trinajstić information content (AvgIpc) is 2.87. The zero-order chi connectivity index (χ0) is 16.6. The van der Waals surface area contributed by atoms with Crippen molar-refractivity contribution in [1.29, 1.82) is 0 Å². The Labute approximate surface area is 137 Å². The van der Waals surface area contributed by atoms with Crippen LogP contribution >= 0.6 is 11.3 Å². The quantitative estimate of drug-likeness (QED) is 0.686. The van der Waals surface area contributed by atoms with Gasteiger partial charge >= 0.3 is 0 Å². The molecule has 2 aromatic rings. The summed E-state index contributed by atoms with van der Waals surface area (Å²) in [5.74, 6) is 0.367. The molecular weight excluding hydrogens is 314 g/mol. The monoisotopic (exact) mass is 331 g/mol. The molecule has 1 aliphatic carbocycles. The Kier molecular flexibility index (Phi) is 4.12. The molecule has 0 bridgehead atoms. The molecule has 1 atom stereocenters. The topological polar surface area (TPSA) is 85.1 Å². The first kappa shape index (κ1) is 15.6. The van der Waals surface area contributed by atoms with Gasteiger partial charge in [0.25, 0.3) is 11.6 Å². The molecule has 23 heavy (non-hydrogen) atoms. The molecule has 120 valence electrons. The van der Waals surface area contributed by atoms with Gasteiger partial charge in [-0.25, -0.2) is 4.98 Å². The fourth-order valence-corrected chi connectivity index (χ4v) is 3.93. The van der Waals surface area contributed by atoms with E-state index in [9.17, 15) is 14.9 Å². The standard InChI is InChI=1S/C16H17N3O3S/c1-9-3-5-12-14(7-9)23-16(17-12)18-15(20)11-4-6-13(19(21)22)10(2)8-11/h4,6,8-9H,3,5,7H2,1-2H3,(H,17,18,20)/t9-/m0/s1. The van der Waals surface area contributed by atoms with Crippen molar-refractivity contribution in [2.45, 2.75) is 33.1 Å². The van der Waals surface area contributed by atoms with Gasteiger partial charge in [0, 0.05) is 22.1 Å². The van der Waals surface area contributed by atoms with Gasteiger partial charge < -0.3 is 0 Å². The second kappa shape index (κ2) is 6.08. The molecule has 0 unspecified atom stereocenters. The van der Waals surface area contributed by atoms with Crippen LogP contribution in [0.5, 0.6) is 0 Å². The Bertz CT molecular complexity index is 785. The molecule has 0 fully saturated rings. The number of fused-ring (bicyclic) bond motifs is 1. The van der Waals surface area contributed by atoms with E-state index in [4.69, 9.17) is 0 Å². The summed E-state index contributed by atoms with van der Waals surface area (Å²) >= 11 is 1.52. The third-order valence-electron chi connectivity index (χ3n) is 4.06. The van der Waals surface area contributed by atoms with Crippen molar-refractivity contribution in [3.63, 3.8) is 0 Å². The van der Waals surface area contributed by atoms with Crippen molar-refractivity contribution in [2.75, 3.05) is 5.32 Å². The van der Waals surface area contributed by atoms with Gasteiger partial charge in [0.2, 0.25) is 0 Å². The van der Waals surface area contributed by atoms with Crippen LogP contribution in [0.25, 0.3) is 0 Å². The van der Waals surface area contributed by atoms with Gasteiger partial charge in [-0.05, 0) is 44.2 Å². The fraction of sp³-hybridized carbons (Fsp3) is 0.375. The predicted molar refractivity (Wildman–Crippen MR) is 89.1 cm³/mol. The van der Waals surface area contributed by atoms with Crippen molar-refractivity contribution < 1.29 is 9.72 Å². The minimum atomic E-state index is -0.451. The van der Waals surface area contributed by atoms with E-state index in [0.717, 1.165) is 25.0 Å². The molecule has 1 heterocycles. The number of nitrogens with zero attached hydrogens (tertiary/aromatic N) is 2. The van der Waals surface area contributed by atoms with Gasteiger partial charge in [-0.1, -0.05) is 6.92 Å². The smallest absolute Gasteiger partial charge is 0.272 e. The van der Waals surface area contributed by atoms with Gasteiger partial charge in [-0.2, -0.15) is 0 Å². The first-order valence-electron chi connectivity index (χ1n) is 7.49. The number of nitro groups is 1. The lowest BCUT2D eigenvalue weighted by Crippen LogP contribution is -2.12. The van der Waals surface area contributed by atoms with E-state index in [1.165, 1.54) is 34.4 Å². The van der Waals surface area contributed by atoms with Crippen LogP contribution in [0.2, 0.25) is 0 Å². The highest BCUT2D eigenvalue weighted by atomic mass is 32.1. The largest absolute Gasteiger partial charge is 0.298 e. The van der Waals surface area contributed by atoms with Crippen molar-refractivity contribution >= 4 is 28.1 Å². The van der Waals surface area contributed by atoms with Gasteiger partial charge in [0.1, 0.15) is 0 Å². The summed E-state index contributed by atoms with van der Waals surface area (Å²) in [6.45, 7) is 3.85. The fourth-order valence-electron chi connectivity index (χ4n) is 2.76. The van der Waals surface area contributed by atoms with Crippen LogP contribution in [-0.2, 0) is 12.8 Å². The van der Waals surface area contributed by atoms with Gasteiger partial charge in [0.05, 0.1) is 10.6 Å². The molecule has 0 spiro atoms. The Hall–Kier alpha value is -2.28. The van der Waals surface area contributed by atoms with Crippen LogP contribution in [0.15, 0.2) is 18.2 Å². The number of anilines is 1. The highest BCUT2D eigenvalue weighted by molar-refractivity contribution is 7.15. The molecule has 1 aliphatic rings. The molecule has 1 aromatic heterocycles. The van der Waals surface area contributed by atoms with E-state index in [1.807, 2.05) is 0 Å². The van der Waals surface area contributed by atoms with E-state index in [-0.39, 0.29) is 11.6 Å². The first-order valence-corrected chi connectivity index (χ1v) is 8.30. The summed E-state index contributed by atoms with van der Waals surface area (Å²) in [5.41, 5.74) is 1.97. The number of carbonyl (C=O) groups excluding carboxylic acids is 1. The van der Waals surface area contributed by atoms with Gasteiger partial charge in [-0.3, -0.25) is 20.2 Å². The maximum Gasteiger partial charge on any atom is 0.272 e. The first-order chi connectivity index (χ1) is 10.9. The lowest BCUT2D eigenvalue weighted by Gasteiger charge is -2.15. The van der Waals surface area contributed by atoms with E-state index in [1.54, 1.807) is 6.92 Å². The van der Waals surface area contributed by atoms with E-state index in [0.29, 0.717) is 22.2 Å². The van der Waals surface area contributed by atoms with Gasteiger partial charge in [0.15, 0.2) is 5.13 Å². The Morgan fingerprint density at radius 3 is 2.96 bits per heavy atom. The zero-order valence-electron chi connectivity index (χ0n) is 13.0. The number of rotatable bonds is 3. The third-order valence-corrected chi connectivity index (χ3v) is 5.10. The molecule has 0 saturated carbocycles. The molecule has 1 N–H and O–H groups in total. The Morgan fingerprint density at radius 1 is 1.48 bits per heavy atom. The Balaban J connectivity index is 1.77. The number of aromatic nitrogens is 1. The molecule has 0 saturated heterocycles. The number of benzene rings is 1. The number of thiazole rings is 1. The van der Waals surface area contributed by atoms with Crippen LogP contribution in [-0.4, -0.2) is 15.8 Å². The summed E-state index contributed by atoms with van der Waals surface area (Å²) < 4.78 is 0. The van der Waals surface area contributed by atoms with Crippen LogP contribution in [0.1, 0.15) is 39.8 Å². The Morgan fingerprint density at radius 2 is 2.26 bits per heavy atom. The number of nitrogens with one attached hydrogen (secondary N) is 1. The van der Waals surface area contributed by atoms with Crippen LogP contribution in [0, 0.1) is 23.0 Å². The number of carbonyl (C=O) groups is 1. The molecule has 0 radical (unpaired) electrons. The van der Waals surface area contributed by atoms with Crippen molar-refractivity contribution in [3.8, 4) is 0 Å². The van der Waals surface area contributed by atoms with Crippen LogP contribution < -0.4 is 5.32 Å². The number of nitro benzene ring substituents is 1. The number of aryl methyl sites for hydroxylation is 2. The summed E-state index contributed by atoms with van der Waals surface area (Å²) in [7, 11) is 0. The minimum Gasteiger partial charge on any atom is -0.298 e. The SMILES string of the molecule is Cc1cc(C(=O)Nc2nc3c(s2)C[C@@H](C)CC3)ccc1[N+](=O)[O-]. The molecule has 3 rings (SSSR count). The van der Waals surface area contributed by atoms with Crippen molar-refractivity contribution in [3.05, 3.63) is 50.0 Å². The number of hydrogen-bond acceptors (Lipinski definition) is 5. The lowest BCUT2D eigenvalue weighted by atomic mass is 9.93. The summed E-state index contributed by atoms with van der Waals surface area (Å²) in [6, 6.07) is 4.36. The highest BCUT2D eigenvalue weighted by Gasteiger charge is 2.21. The van der Waals surface area contributed by atoms with Crippen LogP contribution in [0.3, 0.4) is 0 Å². The van der Waals surface area contributed by atoms with Crippen molar-refractivity contribution in [1.82, 2.24) is 4.98 Å². The predicted octanol–water partition coefficient (Wildman–Crippen LogP) is 3.74. The number of amides is 1. The summed E-state index contributed by atoms with van der Waals surface area (Å²) in [4.78, 5) is 28.4. The lowest BCUT2D eigenvalue weighted by molar-refractivity contribution is -0.385. The average molecular weight is 331 g/mol. The molecule has 7 heteroatoms. The van der Waals surface area contributed by atoms with Gasteiger partial charge in [-0.15, -0.1) is 11.3 Å². The molecule has 6 nitrogen and oxygen atoms in total. The van der Waals surface area contributed by atoms with E-state index < -0.39 is 4.92 Å². The third kappa shape index (κ3) is 3.24. The molecule has 1 aromatic carbocycles. The second-order valence-corrected chi connectivity index (χ2v) is 7.03. The van der Waals surface area contributed by atoms with Crippen molar-refractivity contribution in [2.24, 2.45) is 5.92 Å². The second-order valence-electron chi connectivity index (χ2n) is 5.95. The number of hydrogen-bond donors (Lipinski definition) is 1. The zero-order valence-corrected chi connectivity index (χ0v) is 13.8. The molecule has 0 aliphatic heterocycles. The van der Waals surface area contributed by atoms with E-state index >= 15 is 0 Å². The molecular formula is C16H17N3O3S. The van der Waals surface area contributed by atoms with E-state index in [2.05, 4.69) is 17.2 Å². The highest BCUT2D eigenvalue weighted by Crippen LogP contribution is 2.32. The normalized spacial score (nSPS) is 16.7. The maximum atomic E-state index is 12.3.